The summed E-state index contributed by atoms with van der Waals surface area (Å²) in [4.78, 5) is 2.35. The molecule has 1 aliphatic heterocycles. The molecular formula is C9H16IN5. The molecule has 1 saturated heterocycles. The monoisotopic (exact) mass is 321 g/mol. The molecule has 0 amide bonds. The molecule has 0 bridgehead atoms. The summed E-state index contributed by atoms with van der Waals surface area (Å²) in [6, 6.07) is 0.501. The minimum Gasteiger partial charge on any atom is -0.325 e. The fourth-order valence-corrected chi connectivity index (χ4v) is 2.73. The van der Waals surface area contributed by atoms with E-state index in [0.717, 1.165) is 35.3 Å². The number of aromatic nitrogens is 3. The maximum Gasteiger partial charge on any atom is 0.124 e. The zero-order valence-electron chi connectivity index (χ0n) is 8.86. The maximum absolute atomic E-state index is 5.59. The van der Waals surface area contributed by atoms with Crippen LogP contribution in [0.3, 0.4) is 0 Å². The summed E-state index contributed by atoms with van der Waals surface area (Å²) < 4.78 is 3.14. The van der Waals surface area contributed by atoms with Gasteiger partial charge in [-0.15, -0.1) is 5.10 Å². The predicted octanol–water partition coefficient (Wildman–Crippen LogP) is 0.608. The van der Waals surface area contributed by atoms with Gasteiger partial charge in [-0.05, 0) is 55.6 Å². The van der Waals surface area contributed by atoms with Gasteiger partial charge in [0.15, 0.2) is 0 Å². The number of likely N-dealkylation sites (tertiary alicyclic amines) is 1. The Morgan fingerprint density at radius 2 is 2.13 bits per heavy atom. The van der Waals surface area contributed by atoms with Crippen molar-refractivity contribution in [2.75, 3.05) is 20.1 Å². The smallest absolute Gasteiger partial charge is 0.124 e. The van der Waals surface area contributed by atoms with Gasteiger partial charge in [-0.1, -0.05) is 5.21 Å². The largest absolute Gasteiger partial charge is 0.325 e. The van der Waals surface area contributed by atoms with Crippen molar-refractivity contribution < 1.29 is 0 Å². The van der Waals surface area contributed by atoms with Crippen LogP contribution in [-0.2, 0) is 6.54 Å². The van der Waals surface area contributed by atoms with Gasteiger partial charge in [0.05, 0.1) is 6.04 Å². The Balaban J connectivity index is 2.12. The second-order valence-corrected chi connectivity index (χ2v) is 5.03. The number of halogens is 1. The summed E-state index contributed by atoms with van der Waals surface area (Å²) in [7, 11) is 2.16. The summed E-state index contributed by atoms with van der Waals surface area (Å²) in [5.74, 6) is 0. The molecule has 1 aromatic heterocycles. The van der Waals surface area contributed by atoms with Crippen LogP contribution in [-0.4, -0.2) is 40.0 Å². The fraction of sp³-hybridized carbons (Fsp3) is 0.778. The highest BCUT2D eigenvalue weighted by molar-refractivity contribution is 14.1. The van der Waals surface area contributed by atoms with Gasteiger partial charge in [-0.3, -0.25) is 0 Å². The summed E-state index contributed by atoms with van der Waals surface area (Å²) >= 11 is 2.29. The van der Waals surface area contributed by atoms with Crippen molar-refractivity contribution in [2.24, 2.45) is 5.73 Å². The van der Waals surface area contributed by atoms with E-state index in [9.17, 15) is 0 Å². The average Bonchev–Trinajstić information content (AvgIpc) is 2.61. The van der Waals surface area contributed by atoms with E-state index < -0.39 is 0 Å². The van der Waals surface area contributed by atoms with Crippen molar-refractivity contribution in [1.82, 2.24) is 19.9 Å². The highest BCUT2D eigenvalue weighted by Crippen LogP contribution is 2.23. The third kappa shape index (κ3) is 2.31. The molecule has 2 N–H and O–H groups in total. The molecule has 0 aliphatic carbocycles. The van der Waals surface area contributed by atoms with Gasteiger partial charge in [0.25, 0.3) is 0 Å². The maximum atomic E-state index is 5.59. The van der Waals surface area contributed by atoms with Crippen LogP contribution in [0.15, 0.2) is 0 Å². The molecule has 0 saturated carbocycles. The fourth-order valence-electron chi connectivity index (χ4n) is 1.91. The highest BCUT2D eigenvalue weighted by atomic mass is 127. The van der Waals surface area contributed by atoms with Crippen LogP contribution < -0.4 is 5.73 Å². The average molecular weight is 321 g/mol. The normalized spacial score (nSPS) is 19.7. The van der Waals surface area contributed by atoms with Crippen molar-refractivity contribution in [3.63, 3.8) is 0 Å². The van der Waals surface area contributed by atoms with Crippen LogP contribution in [0.2, 0.25) is 0 Å². The third-order valence-corrected chi connectivity index (χ3v) is 4.05. The zero-order valence-corrected chi connectivity index (χ0v) is 11.0. The molecule has 0 radical (unpaired) electrons. The number of rotatable bonds is 2. The molecule has 6 heteroatoms. The first-order chi connectivity index (χ1) is 7.22. The Hall–Kier alpha value is -0.210. The van der Waals surface area contributed by atoms with Crippen LogP contribution in [0.1, 0.15) is 24.6 Å². The van der Waals surface area contributed by atoms with Crippen LogP contribution in [0.4, 0.5) is 0 Å². The van der Waals surface area contributed by atoms with Gasteiger partial charge in [-0.25, -0.2) is 4.68 Å². The molecule has 1 aliphatic rings. The summed E-state index contributed by atoms with van der Waals surface area (Å²) in [5.41, 5.74) is 6.50. The topological polar surface area (TPSA) is 60.0 Å². The Bertz CT molecular complexity index is 329. The lowest BCUT2D eigenvalue weighted by atomic mass is 10.1. The van der Waals surface area contributed by atoms with Crippen molar-refractivity contribution in [1.29, 1.82) is 0 Å². The van der Waals surface area contributed by atoms with E-state index in [1.807, 2.05) is 4.68 Å². The molecular weight excluding hydrogens is 305 g/mol. The highest BCUT2D eigenvalue weighted by Gasteiger charge is 2.22. The number of hydrogen-bond donors (Lipinski definition) is 1. The number of hydrogen-bond acceptors (Lipinski definition) is 4. The molecule has 2 heterocycles. The van der Waals surface area contributed by atoms with Crippen LogP contribution >= 0.6 is 22.6 Å². The molecule has 84 valence electrons. The first kappa shape index (κ1) is 11.3. The zero-order chi connectivity index (χ0) is 10.8. The SMILES string of the molecule is CN1CCC(n2nnc(CN)c2I)CC1. The minimum atomic E-state index is 0.477. The van der Waals surface area contributed by atoms with E-state index in [1.165, 1.54) is 0 Å². The molecule has 5 nitrogen and oxygen atoms in total. The Morgan fingerprint density at radius 1 is 1.47 bits per heavy atom. The Labute approximate surface area is 103 Å². The Kier molecular flexibility index (Phi) is 3.57. The number of nitrogens with two attached hydrogens (primary N) is 1. The van der Waals surface area contributed by atoms with Crippen molar-refractivity contribution in [2.45, 2.75) is 25.4 Å². The molecule has 1 fully saturated rings. The summed E-state index contributed by atoms with van der Waals surface area (Å²) in [5, 5.41) is 8.29. The standard InChI is InChI=1S/C9H16IN5/c1-14-4-2-7(3-5-14)15-9(10)8(6-11)12-13-15/h7H,2-6,11H2,1H3. The van der Waals surface area contributed by atoms with Crippen LogP contribution in [0.25, 0.3) is 0 Å². The molecule has 15 heavy (non-hydrogen) atoms. The van der Waals surface area contributed by atoms with Crippen molar-refractivity contribution >= 4 is 22.6 Å². The van der Waals surface area contributed by atoms with Crippen LogP contribution in [0.5, 0.6) is 0 Å². The van der Waals surface area contributed by atoms with Crippen LogP contribution in [0, 0.1) is 3.70 Å². The lowest BCUT2D eigenvalue weighted by Gasteiger charge is -2.29. The third-order valence-electron chi connectivity index (χ3n) is 2.93. The summed E-state index contributed by atoms with van der Waals surface area (Å²) in [6.07, 6.45) is 2.31. The molecule has 1 aromatic rings. The van der Waals surface area contributed by atoms with Crippen molar-refractivity contribution in [3.05, 3.63) is 9.39 Å². The van der Waals surface area contributed by atoms with Gasteiger partial charge < -0.3 is 10.6 Å². The quantitative estimate of drug-likeness (QED) is 0.811. The second-order valence-electron chi connectivity index (χ2n) is 4.01. The molecule has 0 aromatic carbocycles. The van der Waals surface area contributed by atoms with E-state index in [4.69, 9.17) is 5.73 Å². The van der Waals surface area contributed by atoms with Gasteiger partial charge in [0, 0.05) is 6.54 Å². The van der Waals surface area contributed by atoms with Gasteiger partial charge in [0.1, 0.15) is 9.39 Å². The first-order valence-electron chi connectivity index (χ1n) is 5.20. The number of piperidine rings is 1. The van der Waals surface area contributed by atoms with E-state index in [2.05, 4.69) is 44.9 Å². The number of nitrogens with zero attached hydrogens (tertiary/aromatic N) is 4. The molecule has 0 unspecified atom stereocenters. The first-order valence-corrected chi connectivity index (χ1v) is 6.28. The summed E-state index contributed by atoms with van der Waals surface area (Å²) in [6.45, 7) is 2.75. The van der Waals surface area contributed by atoms with E-state index >= 15 is 0 Å². The molecule has 2 rings (SSSR count). The minimum absolute atomic E-state index is 0.477. The molecule has 0 spiro atoms. The second kappa shape index (κ2) is 4.75. The lowest BCUT2D eigenvalue weighted by molar-refractivity contribution is 0.208. The van der Waals surface area contributed by atoms with Crippen molar-refractivity contribution in [3.8, 4) is 0 Å². The van der Waals surface area contributed by atoms with E-state index in [-0.39, 0.29) is 0 Å². The van der Waals surface area contributed by atoms with Gasteiger partial charge >= 0.3 is 0 Å². The van der Waals surface area contributed by atoms with E-state index in [0.29, 0.717) is 12.6 Å². The van der Waals surface area contributed by atoms with E-state index in [1.54, 1.807) is 0 Å². The predicted molar refractivity (Wildman–Crippen MR) is 66.4 cm³/mol. The van der Waals surface area contributed by atoms with Gasteiger partial charge in [0.2, 0.25) is 0 Å². The Morgan fingerprint density at radius 3 is 2.67 bits per heavy atom. The molecule has 0 atom stereocenters. The lowest BCUT2D eigenvalue weighted by Crippen LogP contribution is -2.32. The van der Waals surface area contributed by atoms with Gasteiger partial charge in [-0.2, -0.15) is 0 Å².